The molecular formula is C26H13F2N3O3S. The van der Waals surface area contributed by atoms with Crippen molar-refractivity contribution in [2.45, 2.75) is 4.90 Å². The number of fused-ring (bicyclic) bond motifs is 1. The van der Waals surface area contributed by atoms with Gasteiger partial charge in [0.05, 0.1) is 44.3 Å². The number of benzene rings is 3. The van der Waals surface area contributed by atoms with Crippen LogP contribution in [0.3, 0.4) is 0 Å². The summed E-state index contributed by atoms with van der Waals surface area (Å²) in [5.41, 5.74) is -1.08. The van der Waals surface area contributed by atoms with Crippen LogP contribution in [0.25, 0.3) is 22.2 Å². The van der Waals surface area contributed by atoms with Crippen LogP contribution in [0.2, 0.25) is 0 Å². The molecule has 9 heteroatoms. The Morgan fingerprint density at radius 1 is 0.914 bits per heavy atom. The van der Waals surface area contributed by atoms with Crippen LogP contribution >= 0.6 is 0 Å². The molecule has 0 spiro atoms. The fourth-order valence-corrected chi connectivity index (χ4v) is 4.44. The average Bonchev–Trinajstić information content (AvgIpc) is 2.82. The number of rotatable bonds is 2. The van der Waals surface area contributed by atoms with Gasteiger partial charge in [-0.2, -0.15) is 10.5 Å². The highest BCUT2D eigenvalue weighted by Gasteiger charge is 2.20. The zero-order valence-electron chi connectivity index (χ0n) is 18.0. The van der Waals surface area contributed by atoms with Crippen molar-refractivity contribution in [1.29, 1.82) is 10.5 Å². The molecule has 0 fully saturated rings. The van der Waals surface area contributed by atoms with Gasteiger partial charge in [0.25, 0.3) is 0 Å². The maximum absolute atomic E-state index is 15.2. The number of hydrogen-bond acceptors (Lipinski definition) is 5. The number of aromatic amines is 1. The summed E-state index contributed by atoms with van der Waals surface area (Å²) in [6.07, 6.45) is 0.964. The Morgan fingerprint density at radius 3 is 2.29 bits per heavy atom. The lowest BCUT2D eigenvalue weighted by Gasteiger charge is -2.11. The summed E-state index contributed by atoms with van der Waals surface area (Å²) in [5, 5.41) is 17.9. The van der Waals surface area contributed by atoms with Gasteiger partial charge in [-0.25, -0.2) is 17.2 Å². The minimum atomic E-state index is -3.76. The first-order valence-electron chi connectivity index (χ1n) is 9.95. The number of H-pyrrole nitrogens is 1. The van der Waals surface area contributed by atoms with Crippen molar-refractivity contribution in [3.05, 3.63) is 98.7 Å². The topological polar surface area (TPSA) is 115 Å². The lowest BCUT2D eigenvalue weighted by molar-refractivity contribution is 0.585. The van der Waals surface area contributed by atoms with Crippen molar-refractivity contribution in [3.63, 3.8) is 0 Å². The molecule has 6 nitrogen and oxygen atoms in total. The first-order valence-corrected chi connectivity index (χ1v) is 11.8. The van der Waals surface area contributed by atoms with Crippen LogP contribution in [-0.2, 0) is 9.84 Å². The molecule has 0 saturated carbocycles. The number of nitrogens with zero attached hydrogens (tertiary/aromatic N) is 2. The lowest BCUT2D eigenvalue weighted by atomic mass is 10.0. The molecule has 0 aliphatic carbocycles. The molecule has 0 amide bonds. The molecule has 0 saturated heterocycles. The van der Waals surface area contributed by atoms with Crippen LogP contribution in [0, 0.1) is 46.1 Å². The summed E-state index contributed by atoms with van der Waals surface area (Å²) in [7, 11) is -3.76. The van der Waals surface area contributed by atoms with Crippen molar-refractivity contribution >= 4 is 20.7 Å². The van der Waals surface area contributed by atoms with Gasteiger partial charge in [0, 0.05) is 23.4 Å². The molecule has 0 aliphatic heterocycles. The van der Waals surface area contributed by atoms with Gasteiger partial charge in [-0.1, -0.05) is 24.0 Å². The number of hydrogen-bond donors (Lipinski definition) is 1. The van der Waals surface area contributed by atoms with E-state index >= 15 is 4.39 Å². The van der Waals surface area contributed by atoms with Crippen LogP contribution < -0.4 is 5.43 Å². The lowest BCUT2D eigenvalue weighted by Crippen LogP contribution is -2.09. The van der Waals surface area contributed by atoms with Gasteiger partial charge in [-0.05, 0) is 36.4 Å². The Balaban J connectivity index is 1.94. The molecule has 0 atom stereocenters. The molecule has 1 aromatic heterocycles. The number of nitrogens with one attached hydrogen (secondary N) is 1. The van der Waals surface area contributed by atoms with E-state index in [0.29, 0.717) is 0 Å². The number of sulfone groups is 1. The van der Waals surface area contributed by atoms with Crippen molar-refractivity contribution < 1.29 is 17.2 Å². The second-order valence-electron chi connectivity index (χ2n) is 7.52. The SMILES string of the molecule is CS(=O)(=O)c1ccc(C#N)cc1-c1cc(=O)c2c(F)c(C#Cc3ccccc3C#N)c(F)cc2[nH]1. The van der Waals surface area contributed by atoms with E-state index < -0.39 is 37.9 Å². The monoisotopic (exact) mass is 485 g/mol. The molecule has 0 aliphatic rings. The molecular weight excluding hydrogens is 472 g/mol. The van der Waals surface area contributed by atoms with Gasteiger partial charge in [0.2, 0.25) is 0 Å². The third kappa shape index (κ3) is 4.39. The molecule has 1 N–H and O–H groups in total. The number of halogens is 2. The molecule has 170 valence electrons. The Hall–Kier alpha value is -4.78. The summed E-state index contributed by atoms with van der Waals surface area (Å²) >= 11 is 0. The summed E-state index contributed by atoms with van der Waals surface area (Å²) in [6, 6.07) is 15.8. The first kappa shape index (κ1) is 23.4. The van der Waals surface area contributed by atoms with Crippen molar-refractivity contribution in [3.8, 4) is 35.2 Å². The zero-order chi connectivity index (χ0) is 25.3. The Labute approximate surface area is 198 Å². The van der Waals surface area contributed by atoms with Gasteiger partial charge in [0.15, 0.2) is 21.1 Å². The van der Waals surface area contributed by atoms with Gasteiger partial charge in [0.1, 0.15) is 11.9 Å². The summed E-state index contributed by atoms with van der Waals surface area (Å²) in [6.45, 7) is 0. The predicted octanol–water partition coefficient (Wildman–Crippen LogP) is 4.02. The molecule has 0 radical (unpaired) electrons. The maximum atomic E-state index is 15.2. The smallest absolute Gasteiger partial charge is 0.193 e. The Kier molecular flexibility index (Phi) is 5.93. The van der Waals surface area contributed by atoms with E-state index in [1.165, 1.54) is 30.3 Å². The molecule has 0 bridgehead atoms. The highest BCUT2D eigenvalue weighted by molar-refractivity contribution is 7.90. The van der Waals surface area contributed by atoms with E-state index in [1.807, 2.05) is 12.1 Å². The fraction of sp³-hybridized carbons (Fsp3) is 0.0385. The van der Waals surface area contributed by atoms with Crippen molar-refractivity contribution in [1.82, 2.24) is 4.98 Å². The average molecular weight is 485 g/mol. The predicted molar refractivity (Wildman–Crippen MR) is 125 cm³/mol. The Bertz CT molecular complexity index is 1850. The maximum Gasteiger partial charge on any atom is 0.193 e. The van der Waals surface area contributed by atoms with Gasteiger partial charge in [-0.3, -0.25) is 4.79 Å². The van der Waals surface area contributed by atoms with E-state index in [-0.39, 0.29) is 38.4 Å². The van der Waals surface area contributed by atoms with Crippen LogP contribution in [-0.4, -0.2) is 19.7 Å². The highest BCUT2D eigenvalue weighted by atomic mass is 32.2. The minimum absolute atomic E-state index is 0.0170. The summed E-state index contributed by atoms with van der Waals surface area (Å²) < 4.78 is 54.5. The number of nitriles is 2. The summed E-state index contributed by atoms with van der Waals surface area (Å²) in [4.78, 5) is 15.4. The standard InChI is InChI=1S/C26H13F2N3O3S/c1-35(33,34)24-9-6-15(13-29)10-19(24)21-12-23(32)25-22(31-21)11-20(27)18(26(25)28)8-7-16-4-2-3-5-17(16)14-30/h2-6,9-12H,1H3,(H,31,32). The molecule has 4 rings (SSSR count). The summed E-state index contributed by atoms with van der Waals surface area (Å²) in [5.74, 6) is 2.67. The Morgan fingerprint density at radius 2 is 1.63 bits per heavy atom. The van der Waals surface area contributed by atoms with E-state index in [9.17, 15) is 22.9 Å². The normalized spacial score (nSPS) is 10.8. The quantitative estimate of drug-likeness (QED) is 0.431. The van der Waals surface area contributed by atoms with E-state index in [0.717, 1.165) is 18.4 Å². The molecule has 0 unspecified atom stereocenters. The minimum Gasteiger partial charge on any atom is -0.354 e. The highest BCUT2D eigenvalue weighted by Crippen LogP contribution is 2.29. The van der Waals surface area contributed by atoms with Crippen molar-refractivity contribution in [2.75, 3.05) is 6.26 Å². The molecule has 4 aromatic rings. The van der Waals surface area contributed by atoms with Gasteiger partial charge in [-0.15, -0.1) is 0 Å². The van der Waals surface area contributed by atoms with Gasteiger partial charge >= 0.3 is 0 Å². The number of aromatic nitrogens is 1. The molecule has 1 heterocycles. The third-order valence-electron chi connectivity index (χ3n) is 5.18. The second kappa shape index (κ2) is 8.87. The van der Waals surface area contributed by atoms with Crippen LogP contribution in [0.4, 0.5) is 8.78 Å². The largest absolute Gasteiger partial charge is 0.354 e. The zero-order valence-corrected chi connectivity index (χ0v) is 18.8. The van der Waals surface area contributed by atoms with Crippen LogP contribution in [0.15, 0.2) is 64.3 Å². The van der Waals surface area contributed by atoms with Crippen LogP contribution in [0.1, 0.15) is 22.3 Å². The van der Waals surface area contributed by atoms with E-state index in [4.69, 9.17) is 5.26 Å². The molecule has 35 heavy (non-hydrogen) atoms. The van der Waals surface area contributed by atoms with Crippen LogP contribution in [0.5, 0.6) is 0 Å². The third-order valence-corrected chi connectivity index (χ3v) is 6.33. The second-order valence-corrected chi connectivity index (χ2v) is 9.50. The first-order chi connectivity index (χ1) is 16.6. The number of pyridine rings is 1. The van der Waals surface area contributed by atoms with Gasteiger partial charge < -0.3 is 4.98 Å². The fourth-order valence-electron chi connectivity index (χ4n) is 3.56. The van der Waals surface area contributed by atoms with E-state index in [2.05, 4.69) is 16.8 Å². The van der Waals surface area contributed by atoms with Crippen molar-refractivity contribution in [2.24, 2.45) is 0 Å². The molecule has 3 aromatic carbocycles. The van der Waals surface area contributed by atoms with E-state index in [1.54, 1.807) is 12.1 Å².